The summed E-state index contributed by atoms with van der Waals surface area (Å²) in [5.74, 6) is 1.14. The second kappa shape index (κ2) is 7.86. The Hall–Kier alpha value is -3.69. The fourth-order valence-corrected chi connectivity index (χ4v) is 4.20. The van der Waals surface area contributed by atoms with E-state index in [1.165, 1.54) is 15.9 Å². The minimum atomic E-state index is -0.893. The molecule has 31 heavy (non-hydrogen) atoms. The number of carboxylic acid groups (broad SMARTS) is 1. The smallest absolute Gasteiger partial charge is 0.407 e. The molecule has 0 aliphatic carbocycles. The highest BCUT2D eigenvalue weighted by Gasteiger charge is 2.48. The summed E-state index contributed by atoms with van der Waals surface area (Å²) in [6, 6.07) is 5.20. The van der Waals surface area contributed by atoms with Crippen molar-refractivity contribution in [1.82, 2.24) is 29.6 Å². The van der Waals surface area contributed by atoms with Gasteiger partial charge in [-0.1, -0.05) is 26.8 Å². The number of hydrogen-bond donors (Lipinski definition) is 3. The van der Waals surface area contributed by atoms with E-state index in [4.69, 9.17) is 0 Å². The minimum absolute atomic E-state index is 0.0770. The quantitative estimate of drug-likeness (QED) is 0.575. The van der Waals surface area contributed by atoms with Gasteiger partial charge in [0.2, 0.25) is 0 Å². The number of nitrogens with zero attached hydrogens (tertiary/aromatic N) is 5. The van der Waals surface area contributed by atoms with Crippen LogP contribution < -0.4 is 10.9 Å². The number of rotatable bonds is 5. The summed E-state index contributed by atoms with van der Waals surface area (Å²) in [6.07, 6.45) is 5.40. The average molecular weight is 423 g/mol. The van der Waals surface area contributed by atoms with E-state index in [9.17, 15) is 14.7 Å². The van der Waals surface area contributed by atoms with Gasteiger partial charge in [-0.2, -0.15) is 0 Å². The molecule has 3 N–H and O–H groups in total. The Labute approximate surface area is 179 Å². The summed E-state index contributed by atoms with van der Waals surface area (Å²) in [4.78, 5) is 38.2. The van der Waals surface area contributed by atoms with Gasteiger partial charge in [0.1, 0.15) is 12.1 Å². The van der Waals surface area contributed by atoms with Crippen LogP contribution in [0.2, 0.25) is 0 Å². The van der Waals surface area contributed by atoms with Gasteiger partial charge < -0.3 is 15.3 Å². The highest BCUT2D eigenvalue weighted by atomic mass is 16.4. The van der Waals surface area contributed by atoms with Crippen LogP contribution in [-0.4, -0.2) is 60.0 Å². The van der Waals surface area contributed by atoms with Gasteiger partial charge in [-0.15, -0.1) is 0 Å². The van der Waals surface area contributed by atoms with Crippen LogP contribution in [0.4, 0.5) is 10.6 Å². The number of carbonyl (C=O) groups is 1. The van der Waals surface area contributed by atoms with Gasteiger partial charge in [-0.05, 0) is 11.5 Å². The number of aromatic amines is 1. The second-order valence-corrected chi connectivity index (χ2v) is 8.72. The Balaban J connectivity index is 1.50. The minimum Gasteiger partial charge on any atom is -0.465 e. The molecular formula is C21H25N7O3. The van der Waals surface area contributed by atoms with Crippen molar-refractivity contribution in [3.05, 3.63) is 53.5 Å². The van der Waals surface area contributed by atoms with Gasteiger partial charge in [0.15, 0.2) is 5.82 Å². The lowest BCUT2D eigenvalue weighted by atomic mass is 9.72. The number of amides is 1. The monoisotopic (exact) mass is 423 g/mol. The Morgan fingerprint density at radius 2 is 2.16 bits per heavy atom. The zero-order valence-electron chi connectivity index (χ0n) is 17.6. The van der Waals surface area contributed by atoms with Crippen LogP contribution >= 0.6 is 0 Å². The van der Waals surface area contributed by atoms with Gasteiger partial charge in [0.05, 0.1) is 5.56 Å². The van der Waals surface area contributed by atoms with Crippen LogP contribution in [0.25, 0.3) is 16.9 Å². The maximum atomic E-state index is 12.8. The fourth-order valence-electron chi connectivity index (χ4n) is 4.20. The van der Waals surface area contributed by atoms with E-state index in [2.05, 4.69) is 25.4 Å². The van der Waals surface area contributed by atoms with E-state index in [1.807, 2.05) is 26.8 Å². The molecule has 4 rings (SSSR count). The topological polar surface area (TPSA) is 129 Å². The first kappa shape index (κ1) is 20.6. The van der Waals surface area contributed by atoms with Crippen molar-refractivity contribution in [2.75, 3.05) is 18.4 Å². The van der Waals surface area contributed by atoms with E-state index in [-0.39, 0.29) is 22.9 Å². The summed E-state index contributed by atoms with van der Waals surface area (Å²) in [5.41, 5.74) is 0.815. The molecule has 1 amide bonds. The predicted octanol–water partition coefficient (Wildman–Crippen LogP) is 2.45. The molecule has 10 nitrogen and oxygen atoms in total. The summed E-state index contributed by atoms with van der Waals surface area (Å²) in [5, 5.41) is 15.6. The lowest BCUT2D eigenvalue weighted by molar-refractivity contribution is -0.0288. The normalized spacial score (nSPS) is 18.5. The van der Waals surface area contributed by atoms with Gasteiger partial charge >= 0.3 is 6.09 Å². The molecule has 1 fully saturated rings. The third-order valence-corrected chi connectivity index (χ3v) is 5.52. The predicted molar refractivity (Wildman–Crippen MR) is 115 cm³/mol. The molecule has 3 aromatic heterocycles. The highest BCUT2D eigenvalue weighted by molar-refractivity contribution is 5.67. The van der Waals surface area contributed by atoms with Gasteiger partial charge in [-0.3, -0.25) is 14.9 Å². The molecule has 0 saturated carbocycles. The molecule has 0 spiro atoms. The fraction of sp³-hybridized carbons (Fsp3) is 0.381. The molecule has 10 heteroatoms. The Morgan fingerprint density at radius 3 is 2.84 bits per heavy atom. The average Bonchev–Trinajstić information content (AvgIpc) is 3.08. The molecule has 1 saturated heterocycles. The molecule has 2 atom stereocenters. The molecule has 3 aromatic rings. The standard InChI is InChI=1S/C21H25N7O3/c1-21(2,3)18-14(11-27(18)20(30)31)9-23-16-7-17(25-12-24-16)28-19(29)15(10-26-28)13-5-4-6-22-8-13/h4-8,10,12,14,18,26H,9,11H2,1-3H3,(H,30,31)(H,23,24,25). The van der Waals surface area contributed by atoms with Crippen molar-refractivity contribution >= 4 is 11.9 Å². The lowest BCUT2D eigenvalue weighted by Crippen LogP contribution is -2.65. The Bertz CT molecular complexity index is 1130. The van der Waals surface area contributed by atoms with Crippen LogP contribution in [-0.2, 0) is 0 Å². The summed E-state index contributed by atoms with van der Waals surface area (Å²) >= 11 is 0. The van der Waals surface area contributed by atoms with Gasteiger partial charge in [-0.25, -0.2) is 19.4 Å². The van der Waals surface area contributed by atoms with Gasteiger partial charge in [0.25, 0.3) is 5.56 Å². The van der Waals surface area contributed by atoms with Gasteiger partial charge in [0, 0.05) is 55.3 Å². The summed E-state index contributed by atoms with van der Waals surface area (Å²) in [7, 11) is 0. The van der Waals surface area contributed by atoms with E-state index in [0.717, 1.165) is 5.56 Å². The third kappa shape index (κ3) is 4.00. The number of anilines is 1. The van der Waals surface area contributed by atoms with Crippen molar-refractivity contribution in [3.63, 3.8) is 0 Å². The van der Waals surface area contributed by atoms with Crippen molar-refractivity contribution in [2.24, 2.45) is 11.3 Å². The number of H-pyrrole nitrogens is 1. The molecule has 0 bridgehead atoms. The molecule has 4 heterocycles. The molecular weight excluding hydrogens is 398 g/mol. The summed E-state index contributed by atoms with van der Waals surface area (Å²) in [6.45, 7) is 7.18. The first-order valence-corrected chi connectivity index (χ1v) is 10.0. The van der Waals surface area contributed by atoms with E-state index in [1.54, 1.807) is 30.7 Å². The molecule has 0 radical (unpaired) electrons. The third-order valence-electron chi connectivity index (χ3n) is 5.52. The Kier molecular flexibility index (Phi) is 5.22. The van der Waals surface area contributed by atoms with E-state index >= 15 is 0 Å². The lowest BCUT2D eigenvalue weighted by Gasteiger charge is -2.53. The SMILES string of the molecule is CC(C)(C)C1C(CNc2cc(-n3[nH]cc(-c4cccnc4)c3=O)ncn2)CN1C(=O)O. The highest BCUT2D eigenvalue weighted by Crippen LogP contribution is 2.38. The van der Waals surface area contributed by atoms with Crippen LogP contribution in [0.15, 0.2) is 47.9 Å². The maximum absolute atomic E-state index is 12.8. The number of likely N-dealkylation sites (tertiary alicyclic amines) is 1. The van der Waals surface area contributed by atoms with E-state index in [0.29, 0.717) is 30.3 Å². The number of hydrogen-bond acceptors (Lipinski definition) is 6. The van der Waals surface area contributed by atoms with Crippen molar-refractivity contribution in [2.45, 2.75) is 26.8 Å². The zero-order chi connectivity index (χ0) is 22.2. The van der Waals surface area contributed by atoms with E-state index < -0.39 is 6.09 Å². The van der Waals surface area contributed by atoms with Crippen LogP contribution in [0.3, 0.4) is 0 Å². The maximum Gasteiger partial charge on any atom is 0.407 e. The molecule has 2 unspecified atom stereocenters. The van der Waals surface area contributed by atoms with Crippen molar-refractivity contribution in [3.8, 4) is 16.9 Å². The van der Waals surface area contributed by atoms with Crippen LogP contribution in [0.1, 0.15) is 20.8 Å². The van der Waals surface area contributed by atoms with Crippen LogP contribution in [0, 0.1) is 11.3 Å². The molecule has 1 aliphatic heterocycles. The number of pyridine rings is 1. The summed E-state index contributed by atoms with van der Waals surface area (Å²) < 4.78 is 1.35. The molecule has 1 aliphatic rings. The Morgan fingerprint density at radius 1 is 1.35 bits per heavy atom. The van der Waals surface area contributed by atoms with Crippen molar-refractivity contribution in [1.29, 1.82) is 0 Å². The first-order valence-electron chi connectivity index (χ1n) is 10.0. The van der Waals surface area contributed by atoms with Crippen LogP contribution in [0.5, 0.6) is 0 Å². The largest absolute Gasteiger partial charge is 0.465 e. The molecule has 162 valence electrons. The number of nitrogens with one attached hydrogen (secondary N) is 2. The first-order chi connectivity index (χ1) is 14.8. The zero-order valence-corrected chi connectivity index (χ0v) is 17.6. The van der Waals surface area contributed by atoms with Crippen molar-refractivity contribution < 1.29 is 9.90 Å². The second-order valence-electron chi connectivity index (χ2n) is 8.72. The molecule has 0 aromatic carbocycles. The number of aromatic nitrogens is 5.